The number of likely N-dealkylation sites (N-methyl/N-ethyl adjacent to an activating group) is 2. The summed E-state index contributed by atoms with van der Waals surface area (Å²) in [5, 5.41) is 20.7. The van der Waals surface area contributed by atoms with E-state index in [1.54, 1.807) is 72.2 Å². The molecule has 73 heavy (non-hydrogen) atoms. The third kappa shape index (κ3) is 17.8. The maximum atomic E-state index is 14.6. The predicted octanol–water partition coefficient (Wildman–Crippen LogP) is 2.46. The van der Waals surface area contributed by atoms with E-state index >= 15 is 0 Å². The topological polar surface area (TPSA) is 278 Å². The minimum Gasteiger partial charge on any atom is -0.480 e. The molecule has 0 spiro atoms. The van der Waals surface area contributed by atoms with Crippen molar-refractivity contribution >= 4 is 47.4 Å². The summed E-state index contributed by atoms with van der Waals surface area (Å²) in [7, 11) is 8.29. The number of rotatable bonds is 28. The zero-order chi connectivity index (χ0) is 56.2. The van der Waals surface area contributed by atoms with Crippen molar-refractivity contribution in [2.45, 2.75) is 207 Å². The number of carboxylic acids is 1. The Morgan fingerprint density at radius 3 is 1.86 bits per heavy atom. The van der Waals surface area contributed by atoms with Crippen LogP contribution < -0.4 is 27.0 Å². The number of nitrogens with one attached hydrogen (secondary N) is 4. The number of esters is 1. The summed E-state index contributed by atoms with van der Waals surface area (Å²) in [6.45, 7) is 25.2. The molecule has 2 fully saturated rings. The van der Waals surface area contributed by atoms with Gasteiger partial charge in [-0.1, -0.05) is 54.9 Å². The van der Waals surface area contributed by atoms with Crippen molar-refractivity contribution in [1.29, 1.82) is 0 Å². The third-order valence-electron chi connectivity index (χ3n) is 14.1. The molecule has 1 aliphatic carbocycles. The van der Waals surface area contributed by atoms with Crippen LogP contribution in [0.3, 0.4) is 0 Å². The molecule has 0 aromatic heterocycles. The summed E-state index contributed by atoms with van der Waals surface area (Å²) in [5.41, 5.74) is 2.26. The van der Waals surface area contributed by atoms with Gasteiger partial charge in [0.25, 0.3) is 0 Å². The molecule has 0 aromatic carbocycles. The highest BCUT2D eigenvalue weighted by Gasteiger charge is 2.63. The van der Waals surface area contributed by atoms with E-state index in [4.69, 9.17) is 24.7 Å². The average Bonchev–Trinajstić information content (AvgIpc) is 3.71. The van der Waals surface area contributed by atoms with Crippen molar-refractivity contribution in [3.05, 3.63) is 0 Å². The first-order valence-corrected chi connectivity index (χ1v) is 26.0. The normalized spacial score (nSPS) is 22.2. The van der Waals surface area contributed by atoms with Crippen molar-refractivity contribution in [3.8, 4) is 0 Å². The molecule has 420 valence electrons. The molecule has 21 heteroatoms. The number of carboxylic acid groups (broad SMARTS) is 1. The van der Waals surface area contributed by atoms with E-state index in [2.05, 4.69) is 21.3 Å². The van der Waals surface area contributed by atoms with Gasteiger partial charge in [-0.25, -0.2) is 4.79 Å². The van der Waals surface area contributed by atoms with Crippen LogP contribution in [0.25, 0.3) is 0 Å². The van der Waals surface area contributed by atoms with Crippen LogP contribution >= 0.6 is 0 Å². The van der Waals surface area contributed by atoms with Gasteiger partial charge in [0.1, 0.15) is 29.3 Å². The van der Waals surface area contributed by atoms with Gasteiger partial charge in [0.15, 0.2) is 0 Å². The second kappa shape index (κ2) is 27.4. The first-order valence-electron chi connectivity index (χ1n) is 26.0. The van der Waals surface area contributed by atoms with E-state index in [0.717, 1.165) is 0 Å². The first kappa shape index (κ1) is 64.7. The van der Waals surface area contributed by atoms with Crippen LogP contribution in [0.15, 0.2) is 0 Å². The Kier molecular flexibility index (Phi) is 24.3. The summed E-state index contributed by atoms with van der Waals surface area (Å²) in [6, 6.07) is -5.33. The lowest BCUT2D eigenvalue weighted by Gasteiger charge is -2.41. The molecule has 13 atom stereocenters. The standard InChI is InChI=1S/C52H94N8O13/c1-20-30(6)42(59(17)47(66)39(28(2)3)55-46(65)41(29(4)5)58(15)16)36(70-18)25-37(61)60-23-21-22-35(60)43(71-19)31(7)44(63)56-40(32(8)72-50(9,10)11)45(64)57-52(49(69)54-34(27-53)48(67)68)26-33(52)24-38(62)73-51(12,13)14/h28-36,39-43H,20-27,53H2,1-19H3,(H,54,69)(H,55,65)(H,56,63)(H,57,64)(H,67,68)/t30-,31+,32+,33?,34-,35-,36+,39-,40-,41-,42-,43+,52?/m0/s1. The molecular formula is C52H94N8O13. The molecule has 0 bridgehead atoms. The van der Waals surface area contributed by atoms with E-state index in [-0.39, 0.29) is 54.7 Å². The van der Waals surface area contributed by atoms with Gasteiger partial charge >= 0.3 is 11.9 Å². The number of amides is 6. The highest BCUT2D eigenvalue weighted by atomic mass is 16.6. The number of nitrogens with zero attached hydrogens (tertiary/aromatic N) is 3. The van der Waals surface area contributed by atoms with Crippen LogP contribution in [-0.2, 0) is 57.3 Å². The molecule has 2 unspecified atom stereocenters. The number of carbonyl (C=O) groups is 8. The average molecular weight is 1040 g/mol. The zero-order valence-electron chi connectivity index (χ0n) is 47.5. The molecule has 1 heterocycles. The Bertz CT molecular complexity index is 1900. The number of nitrogens with two attached hydrogens (primary N) is 1. The van der Waals surface area contributed by atoms with Gasteiger partial charge in [0.05, 0.1) is 60.8 Å². The molecule has 1 saturated carbocycles. The summed E-state index contributed by atoms with van der Waals surface area (Å²) in [5.74, 6) is -7.27. The highest BCUT2D eigenvalue weighted by molar-refractivity contribution is 5.99. The van der Waals surface area contributed by atoms with E-state index in [1.807, 2.05) is 60.5 Å². The van der Waals surface area contributed by atoms with Crippen LogP contribution in [-0.4, -0.2) is 187 Å². The minimum atomic E-state index is -1.75. The molecule has 6 amide bonds. The first-order chi connectivity index (χ1) is 33.6. The third-order valence-corrected chi connectivity index (χ3v) is 14.1. The second-order valence-electron chi connectivity index (χ2n) is 23.1. The fraction of sp³-hybridized carbons (Fsp3) is 0.846. The van der Waals surface area contributed by atoms with Crippen LogP contribution in [0.5, 0.6) is 0 Å². The fourth-order valence-electron chi connectivity index (χ4n) is 10.2. The molecule has 2 aliphatic rings. The lowest BCUT2D eigenvalue weighted by atomic mass is 9.89. The van der Waals surface area contributed by atoms with Gasteiger partial charge in [-0.3, -0.25) is 38.5 Å². The second-order valence-corrected chi connectivity index (χ2v) is 23.1. The molecular weight excluding hydrogens is 945 g/mol. The highest BCUT2D eigenvalue weighted by Crippen LogP contribution is 2.47. The maximum absolute atomic E-state index is 14.6. The predicted molar refractivity (Wildman–Crippen MR) is 275 cm³/mol. The summed E-state index contributed by atoms with van der Waals surface area (Å²) >= 11 is 0. The summed E-state index contributed by atoms with van der Waals surface area (Å²) < 4.78 is 23.8. The van der Waals surface area contributed by atoms with Gasteiger partial charge < -0.3 is 60.9 Å². The number of carbonyl (C=O) groups excluding carboxylic acids is 7. The van der Waals surface area contributed by atoms with Crippen LogP contribution in [0.1, 0.15) is 135 Å². The summed E-state index contributed by atoms with van der Waals surface area (Å²) in [4.78, 5) is 115. The van der Waals surface area contributed by atoms with Gasteiger partial charge in [0.2, 0.25) is 35.4 Å². The Balaban J connectivity index is 2.46. The van der Waals surface area contributed by atoms with Crippen molar-refractivity contribution in [1.82, 2.24) is 36.0 Å². The van der Waals surface area contributed by atoms with Gasteiger partial charge in [0, 0.05) is 40.3 Å². The smallest absolute Gasteiger partial charge is 0.327 e. The lowest BCUT2D eigenvalue weighted by Crippen LogP contribution is -2.62. The maximum Gasteiger partial charge on any atom is 0.327 e. The Morgan fingerprint density at radius 1 is 0.808 bits per heavy atom. The number of hydrogen-bond donors (Lipinski definition) is 6. The molecule has 1 aliphatic heterocycles. The molecule has 21 nitrogen and oxygen atoms in total. The molecule has 0 radical (unpaired) electrons. The molecule has 7 N–H and O–H groups in total. The largest absolute Gasteiger partial charge is 0.480 e. The molecule has 0 aromatic rings. The monoisotopic (exact) mass is 1040 g/mol. The zero-order valence-corrected chi connectivity index (χ0v) is 47.5. The number of ether oxygens (including phenoxy) is 4. The van der Waals surface area contributed by atoms with Crippen molar-refractivity contribution in [2.24, 2.45) is 35.3 Å². The van der Waals surface area contributed by atoms with Gasteiger partial charge in [-0.05, 0) is 99.6 Å². The quantitative estimate of drug-likeness (QED) is 0.0615. The number of hydrogen-bond acceptors (Lipinski definition) is 14. The molecule has 2 rings (SSSR count). The lowest BCUT2D eigenvalue weighted by molar-refractivity contribution is -0.155. The number of methoxy groups -OCH3 is 2. The van der Waals surface area contributed by atoms with Gasteiger partial charge in [-0.2, -0.15) is 0 Å². The Hall–Kier alpha value is -4.44. The van der Waals surface area contributed by atoms with Gasteiger partial charge in [-0.15, -0.1) is 0 Å². The van der Waals surface area contributed by atoms with Crippen LogP contribution in [0, 0.1) is 29.6 Å². The SMILES string of the molecule is CC[C@H](C)[C@@H]([C@@H](CC(=O)N1CCC[C@H]1[C@H](OC)[C@@H](C)C(=O)N[C@H](C(=O)NC1(C(=O)N[C@@H](CN)C(=O)O)CC1CC(=O)OC(C)(C)C)[C@@H](C)OC(C)(C)C)OC)N(C)C(=O)[C@@H](NC(=O)[C@H](C(C)C)N(C)C)C(C)C. The van der Waals surface area contributed by atoms with Crippen molar-refractivity contribution in [2.75, 3.05) is 48.5 Å². The van der Waals surface area contributed by atoms with E-state index in [1.165, 1.54) is 14.2 Å². The van der Waals surface area contributed by atoms with Crippen molar-refractivity contribution in [3.63, 3.8) is 0 Å². The van der Waals surface area contributed by atoms with E-state index in [9.17, 15) is 43.5 Å². The van der Waals surface area contributed by atoms with E-state index < -0.39 is 119 Å². The molecule has 1 saturated heterocycles. The number of aliphatic carboxylic acids is 1. The Morgan fingerprint density at radius 2 is 1.40 bits per heavy atom. The van der Waals surface area contributed by atoms with Crippen LogP contribution in [0.2, 0.25) is 0 Å². The minimum absolute atomic E-state index is 0.00843. The van der Waals surface area contributed by atoms with Crippen molar-refractivity contribution < 1.29 is 62.4 Å². The number of likely N-dealkylation sites (tertiary alicyclic amines) is 1. The Labute approximate surface area is 435 Å². The van der Waals surface area contributed by atoms with Crippen LogP contribution in [0.4, 0.5) is 0 Å². The summed E-state index contributed by atoms with van der Waals surface area (Å²) in [6.07, 6.45) is -1.24. The fourth-order valence-corrected chi connectivity index (χ4v) is 10.2. The van der Waals surface area contributed by atoms with E-state index in [0.29, 0.717) is 25.8 Å².